The summed E-state index contributed by atoms with van der Waals surface area (Å²) in [5.74, 6) is 0.848. The van der Waals surface area contributed by atoms with Crippen LogP contribution in [-0.2, 0) is 4.74 Å². The summed E-state index contributed by atoms with van der Waals surface area (Å²) in [5, 5.41) is 0. The van der Waals surface area contributed by atoms with Crippen molar-refractivity contribution < 1.29 is 14.3 Å². The number of hydrogen-bond donors (Lipinski definition) is 0. The third kappa shape index (κ3) is 3.58. The summed E-state index contributed by atoms with van der Waals surface area (Å²) in [6.07, 6.45) is 2.11. The Balaban J connectivity index is 2.00. The summed E-state index contributed by atoms with van der Waals surface area (Å²) in [6.45, 7) is 4.30. The zero-order chi connectivity index (χ0) is 14.6. The first-order valence-corrected chi connectivity index (χ1v) is 7.01. The number of likely N-dealkylation sites (tertiary alicyclic amines) is 1. The van der Waals surface area contributed by atoms with Crippen LogP contribution in [0.15, 0.2) is 24.3 Å². The number of carbonyl (C=O) groups excluding carboxylic acids is 1. The van der Waals surface area contributed by atoms with Crippen LogP contribution in [0.3, 0.4) is 0 Å². The summed E-state index contributed by atoms with van der Waals surface area (Å²) in [6, 6.07) is 7.33. The summed E-state index contributed by atoms with van der Waals surface area (Å²) in [5.41, 5.74) is 0.571. The first kappa shape index (κ1) is 15.0. The molecule has 4 heteroatoms. The normalized spacial score (nSPS) is 23.6. The highest BCUT2D eigenvalue weighted by molar-refractivity contribution is 5.97. The predicted octanol–water partition coefficient (Wildman–Crippen LogP) is 2.38. The number of ether oxygens (including phenoxy) is 2. The van der Waals surface area contributed by atoms with Crippen molar-refractivity contribution in [3.05, 3.63) is 29.8 Å². The van der Waals surface area contributed by atoms with Crippen LogP contribution >= 0.6 is 0 Å². The lowest BCUT2D eigenvalue weighted by Gasteiger charge is -2.39. The van der Waals surface area contributed by atoms with Gasteiger partial charge >= 0.3 is 0 Å². The maximum atomic E-state index is 12.3. The third-order valence-corrected chi connectivity index (χ3v) is 3.99. The number of carbonyl (C=O) groups is 1. The molecule has 1 saturated heterocycles. The first-order valence-electron chi connectivity index (χ1n) is 7.01. The van der Waals surface area contributed by atoms with Crippen molar-refractivity contribution in [2.45, 2.75) is 25.4 Å². The van der Waals surface area contributed by atoms with Crippen LogP contribution in [0, 0.1) is 0 Å². The van der Waals surface area contributed by atoms with E-state index in [0.717, 1.165) is 31.7 Å². The molecule has 110 valence electrons. The van der Waals surface area contributed by atoms with Crippen LogP contribution in [0.1, 0.15) is 30.1 Å². The van der Waals surface area contributed by atoms with Gasteiger partial charge in [0.05, 0.1) is 19.3 Å². The van der Waals surface area contributed by atoms with E-state index in [1.807, 2.05) is 18.2 Å². The van der Waals surface area contributed by atoms with Crippen molar-refractivity contribution in [2.24, 2.45) is 0 Å². The Kier molecular flexibility index (Phi) is 4.78. The second-order valence-electron chi connectivity index (χ2n) is 5.62. The lowest BCUT2D eigenvalue weighted by molar-refractivity contribution is -0.0485. The zero-order valence-electron chi connectivity index (χ0n) is 12.5. The lowest BCUT2D eigenvalue weighted by Crippen LogP contribution is -2.48. The maximum Gasteiger partial charge on any atom is 0.176 e. The Bertz CT molecular complexity index is 475. The largest absolute Gasteiger partial charge is 0.497 e. The fourth-order valence-corrected chi connectivity index (χ4v) is 2.70. The van der Waals surface area contributed by atoms with Crippen molar-refractivity contribution in [1.82, 2.24) is 4.90 Å². The molecular formula is C16H23NO3. The van der Waals surface area contributed by atoms with Crippen LogP contribution in [0.2, 0.25) is 0 Å². The van der Waals surface area contributed by atoms with Gasteiger partial charge in [0.2, 0.25) is 0 Å². The monoisotopic (exact) mass is 277 g/mol. The van der Waals surface area contributed by atoms with Gasteiger partial charge in [0.1, 0.15) is 5.75 Å². The van der Waals surface area contributed by atoms with Crippen molar-refractivity contribution in [2.75, 3.05) is 33.9 Å². The highest BCUT2D eigenvalue weighted by atomic mass is 16.5. The molecular weight excluding hydrogens is 254 g/mol. The Hall–Kier alpha value is -1.39. The van der Waals surface area contributed by atoms with E-state index in [4.69, 9.17) is 9.47 Å². The Labute approximate surface area is 120 Å². The van der Waals surface area contributed by atoms with Gasteiger partial charge in [0.15, 0.2) is 5.78 Å². The van der Waals surface area contributed by atoms with Gasteiger partial charge in [-0.3, -0.25) is 9.69 Å². The molecule has 0 aliphatic carbocycles. The molecule has 1 heterocycles. The number of nitrogens with zero attached hydrogens (tertiary/aromatic N) is 1. The third-order valence-electron chi connectivity index (χ3n) is 3.99. The lowest BCUT2D eigenvalue weighted by atomic mass is 9.94. The van der Waals surface area contributed by atoms with Gasteiger partial charge in [0, 0.05) is 19.2 Å². The van der Waals surface area contributed by atoms with E-state index in [1.165, 1.54) is 0 Å². The van der Waals surface area contributed by atoms with Gasteiger partial charge in [-0.2, -0.15) is 0 Å². The Morgan fingerprint density at radius 2 is 2.20 bits per heavy atom. The molecule has 1 unspecified atom stereocenters. The van der Waals surface area contributed by atoms with E-state index in [-0.39, 0.29) is 11.4 Å². The molecule has 0 radical (unpaired) electrons. The highest BCUT2D eigenvalue weighted by Crippen LogP contribution is 2.24. The predicted molar refractivity (Wildman–Crippen MR) is 78.4 cm³/mol. The summed E-state index contributed by atoms with van der Waals surface area (Å²) in [4.78, 5) is 14.5. The van der Waals surface area contributed by atoms with Crippen LogP contribution in [0.25, 0.3) is 0 Å². The number of piperidine rings is 1. The molecule has 0 amide bonds. The molecule has 0 saturated carbocycles. The van der Waals surface area contributed by atoms with Gasteiger partial charge in [-0.25, -0.2) is 0 Å². The SMILES string of the molecule is COc1cccc(C(=O)CN2CCCC(C)(OC)C2)c1. The van der Waals surface area contributed by atoms with Gasteiger partial charge in [-0.05, 0) is 38.4 Å². The molecule has 0 bridgehead atoms. The number of methoxy groups -OCH3 is 2. The molecule has 1 aliphatic rings. The number of rotatable bonds is 5. The maximum absolute atomic E-state index is 12.3. The molecule has 1 aliphatic heterocycles. The highest BCUT2D eigenvalue weighted by Gasteiger charge is 2.31. The van der Waals surface area contributed by atoms with Gasteiger partial charge in [0.25, 0.3) is 0 Å². The molecule has 4 nitrogen and oxygen atoms in total. The van der Waals surface area contributed by atoms with Crippen molar-refractivity contribution in [1.29, 1.82) is 0 Å². The average molecular weight is 277 g/mol. The van der Waals surface area contributed by atoms with Crippen molar-refractivity contribution >= 4 is 5.78 Å². The Morgan fingerprint density at radius 1 is 1.40 bits per heavy atom. The van der Waals surface area contributed by atoms with Gasteiger partial charge in [-0.15, -0.1) is 0 Å². The quantitative estimate of drug-likeness (QED) is 0.775. The van der Waals surface area contributed by atoms with E-state index in [1.54, 1.807) is 20.3 Å². The van der Waals surface area contributed by atoms with Crippen molar-refractivity contribution in [3.8, 4) is 5.75 Å². The molecule has 20 heavy (non-hydrogen) atoms. The van der Waals surface area contributed by atoms with E-state index in [0.29, 0.717) is 12.1 Å². The zero-order valence-corrected chi connectivity index (χ0v) is 12.5. The van der Waals surface area contributed by atoms with Crippen molar-refractivity contribution in [3.63, 3.8) is 0 Å². The number of hydrogen-bond acceptors (Lipinski definition) is 4. The van der Waals surface area contributed by atoms with Crippen LogP contribution < -0.4 is 4.74 Å². The molecule has 2 rings (SSSR count). The Morgan fingerprint density at radius 3 is 2.90 bits per heavy atom. The van der Waals surface area contributed by atoms with Gasteiger partial charge in [-0.1, -0.05) is 12.1 Å². The van der Waals surface area contributed by atoms with E-state index < -0.39 is 0 Å². The van der Waals surface area contributed by atoms with E-state index in [9.17, 15) is 4.79 Å². The second kappa shape index (κ2) is 6.37. The number of ketones is 1. The topological polar surface area (TPSA) is 38.8 Å². The fourth-order valence-electron chi connectivity index (χ4n) is 2.70. The molecule has 0 N–H and O–H groups in total. The minimum atomic E-state index is -0.132. The molecule has 1 atom stereocenters. The van der Waals surface area contributed by atoms with E-state index in [2.05, 4.69) is 11.8 Å². The molecule has 1 aromatic rings. The summed E-state index contributed by atoms with van der Waals surface area (Å²) < 4.78 is 10.7. The second-order valence-corrected chi connectivity index (χ2v) is 5.62. The van der Waals surface area contributed by atoms with Crippen LogP contribution in [-0.4, -0.2) is 50.1 Å². The summed E-state index contributed by atoms with van der Waals surface area (Å²) >= 11 is 0. The smallest absolute Gasteiger partial charge is 0.176 e. The van der Waals surface area contributed by atoms with Gasteiger partial charge < -0.3 is 9.47 Å². The molecule has 1 fully saturated rings. The minimum Gasteiger partial charge on any atom is -0.497 e. The molecule has 0 spiro atoms. The molecule has 0 aromatic heterocycles. The number of benzene rings is 1. The minimum absolute atomic E-state index is 0.129. The standard InChI is InChI=1S/C16H23NO3/c1-16(20-3)8-5-9-17(12-16)11-15(18)13-6-4-7-14(10-13)19-2/h4,6-7,10H,5,8-9,11-12H2,1-3H3. The first-order chi connectivity index (χ1) is 9.56. The molecule has 1 aromatic carbocycles. The van der Waals surface area contributed by atoms with Crippen LogP contribution in [0.5, 0.6) is 5.75 Å². The van der Waals surface area contributed by atoms with E-state index >= 15 is 0 Å². The fraction of sp³-hybridized carbons (Fsp3) is 0.562. The number of Topliss-reactive ketones (excluding diaryl/α,β-unsaturated/α-hetero) is 1. The van der Waals surface area contributed by atoms with Crippen LogP contribution in [0.4, 0.5) is 0 Å². The average Bonchev–Trinajstić information content (AvgIpc) is 2.47. The summed E-state index contributed by atoms with van der Waals surface area (Å²) in [7, 11) is 3.35.